The predicted octanol–water partition coefficient (Wildman–Crippen LogP) is 1.21. The van der Waals surface area contributed by atoms with E-state index in [1.165, 1.54) is 5.57 Å². The molecule has 0 spiro atoms. The van der Waals surface area contributed by atoms with Crippen molar-refractivity contribution in [2.24, 2.45) is 10.7 Å². The van der Waals surface area contributed by atoms with Gasteiger partial charge in [-0.25, -0.2) is 0 Å². The molecule has 1 aliphatic heterocycles. The number of allylic oxidation sites excluding steroid dienone is 3. The summed E-state index contributed by atoms with van der Waals surface area (Å²) >= 11 is 0. The van der Waals surface area contributed by atoms with E-state index in [9.17, 15) is 0 Å². The third kappa shape index (κ3) is 0.883. The molecule has 2 heteroatoms. The lowest BCUT2D eigenvalue weighted by Crippen LogP contribution is -2.46. The van der Waals surface area contributed by atoms with Gasteiger partial charge in [0.05, 0.1) is 6.04 Å². The van der Waals surface area contributed by atoms with E-state index < -0.39 is 0 Å². The highest BCUT2D eigenvalue weighted by Gasteiger charge is 2.34. The molecule has 2 atom stereocenters. The first-order chi connectivity index (χ1) is 5.73. The van der Waals surface area contributed by atoms with Crippen LogP contribution < -0.4 is 5.73 Å². The molecule has 0 amide bonds. The highest BCUT2D eigenvalue weighted by atomic mass is 14.9. The average Bonchev–Trinajstić information content (AvgIpc) is 2.07. The summed E-state index contributed by atoms with van der Waals surface area (Å²) in [6.45, 7) is 2.06. The quantitative estimate of drug-likeness (QED) is 0.568. The Labute approximate surface area is 72.2 Å². The van der Waals surface area contributed by atoms with Crippen LogP contribution in [-0.4, -0.2) is 17.8 Å². The molecule has 0 aromatic rings. The number of hydrogen-bond donors (Lipinski definition) is 1. The Morgan fingerprint density at radius 2 is 2.33 bits per heavy atom. The van der Waals surface area contributed by atoms with E-state index in [0.717, 1.165) is 0 Å². The number of dihydropyridines is 1. The summed E-state index contributed by atoms with van der Waals surface area (Å²) in [5.41, 5.74) is 6.91. The Morgan fingerprint density at radius 1 is 1.50 bits per heavy atom. The van der Waals surface area contributed by atoms with Crippen LogP contribution in [0.25, 0.3) is 0 Å². The Bertz CT molecular complexity index is 310. The summed E-state index contributed by atoms with van der Waals surface area (Å²) in [7, 11) is 0. The lowest BCUT2D eigenvalue weighted by Gasteiger charge is -2.34. The lowest BCUT2D eigenvalue weighted by atomic mass is 9.80. The van der Waals surface area contributed by atoms with Crippen LogP contribution in [0.15, 0.2) is 40.9 Å². The number of rotatable bonds is 0. The number of hydrogen-bond acceptors (Lipinski definition) is 2. The Balaban J connectivity index is 2.48. The summed E-state index contributed by atoms with van der Waals surface area (Å²) < 4.78 is 0. The first-order valence-corrected chi connectivity index (χ1v) is 4.10. The average molecular weight is 160 g/mol. The van der Waals surface area contributed by atoms with Crippen LogP contribution in [0.2, 0.25) is 0 Å². The van der Waals surface area contributed by atoms with E-state index in [2.05, 4.69) is 24.1 Å². The first-order valence-electron chi connectivity index (χ1n) is 4.10. The van der Waals surface area contributed by atoms with Crippen LogP contribution in [0.5, 0.6) is 0 Å². The summed E-state index contributed by atoms with van der Waals surface area (Å²) in [4.78, 5) is 4.41. The number of aliphatic imine (C=N–C) groups is 1. The van der Waals surface area contributed by atoms with Gasteiger partial charge < -0.3 is 5.73 Å². The fourth-order valence-electron chi connectivity index (χ4n) is 1.56. The van der Waals surface area contributed by atoms with Gasteiger partial charge in [-0.2, -0.15) is 0 Å². The van der Waals surface area contributed by atoms with Crippen molar-refractivity contribution in [3.63, 3.8) is 0 Å². The molecule has 12 heavy (non-hydrogen) atoms. The summed E-state index contributed by atoms with van der Waals surface area (Å²) in [5, 5.41) is 0. The molecule has 0 saturated heterocycles. The molecular weight excluding hydrogens is 148 g/mol. The maximum atomic E-state index is 5.95. The van der Waals surface area contributed by atoms with Crippen molar-refractivity contribution in [1.29, 1.82) is 0 Å². The zero-order valence-corrected chi connectivity index (χ0v) is 7.07. The van der Waals surface area contributed by atoms with Crippen LogP contribution in [0.1, 0.15) is 6.92 Å². The smallest absolute Gasteiger partial charge is 0.101 e. The van der Waals surface area contributed by atoms with Gasteiger partial charge in [-0.05, 0) is 18.6 Å². The minimum atomic E-state index is -0.233. The molecule has 0 radical (unpaired) electrons. The largest absolute Gasteiger partial charge is 0.322 e. The van der Waals surface area contributed by atoms with Gasteiger partial charge in [-0.3, -0.25) is 4.99 Å². The van der Waals surface area contributed by atoms with Gasteiger partial charge in [0.2, 0.25) is 0 Å². The molecule has 2 rings (SSSR count). The van der Waals surface area contributed by atoms with Gasteiger partial charge >= 0.3 is 0 Å². The van der Waals surface area contributed by atoms with Gasteiger partial charge in [-0.15, -0.1) is 0 Å². The fourth-order valence-corrected chi connectivity index (χ4v) is 1.56. The second-order valence-corrected chi connectivity index (χ2v) is 3.32. The second-order valence-electron chi connectivity index (χ2n) is 3.32. The van der Waals surface area contributed by atoms with Crippen LogP contribution in [0, 0.1) is 0 Å². The van der Waals surface area contributed by atoms with E-state index in [-0.39, 0.29) is 11.6 Å². The van der Waals surface area contributed by atoms with Crippen LogP contribution >= 0.6 is 0 Å². The fraction of sp³-hybridized carbons (Fsp3) is 0.300. The molecule has 1 heterocycles. The number of fused-ring (bicyclic) bond motifs is 1. The lowest BCUT2D eigenvalue weighted by molar-refractivity contribution is 0.498. The second kappa shape index (κ2) is 2.42. The van der Waals surface area contributed by atoms with E-state index in [1.54, 1.807) is 0 Å². The highest BCUT2D eigenvalue weighted by Crippen LogP contribution is 2.30. The minimum absolute atomic E-state index is 0.00120. The van der Waals surface area contributed by atoms with Crippen molar-refractivity contribution < 1.29 is 0 Å². The molecule has 0 aromatic heterocycles. The van der Waals surface area contributed by atoms with Gasteiger partial charge in [0.1, 0.15) is 5.54 Å². The number of nitrogens with zero attached hydrogens (tertiary/aromatic N) is 1. The highest BCUT2D eigenvalue weighted by molar-refractivity contribution is 5.76. The molecule has 1 aliphatic carbocycles. The van der Waals surface area contributed by atoms with Crippen LogP contribution in [0.4, 0.5) is 0 Å². The van der Waals surface area contributed by atoms with Crippen LogP contribution in [-0.2, 0) is 0 Å². The molecule has 0 fully saturated rings. The maximum absolute atomic E-state index is 5.95. The van der Waals surface area contributed by atoms with Crippen LogP contribution in [0.3, 0.4) is 0 Å². The van der Waals surface area contributed by atoms with Crippen molar-refractivity contribution in [1.82, 2.24) is 0 Å². The molecule has 0 saturated carbocycles. The van der Waals surface area contributed by atoms with Crippen molar-refractivity contribution in [3.05, 3.63) is 36.0 Å². The van der Waals surface area contributed by atoms with Crippen molar-refractivity contribution in [2.75, 3.05) is 0 Å². The molecule has 0 aromatic carbocycles. The standard InChI is InChI=1S/C10H12N2/c1-10-8(5-3-7-12-10)4-2-6-9(10)11/h2-7,9H,11H2,1H3. The molecule has 62 valence electrons. The van der Waals surface area contributed by atoms with Gasteiger partial charge in [-0.1, -0.05) is 24.3 Å². The maximum Gasteiger partial charge on any atom is 0.101 e. The van der Waals surface area contributed by atoms with Crippen molar-refractivity contribution in [2.45, 2.75) is 18.5 Å². The SMILES string of the molecule is CC12N=CC=CC1=CC=CC2N. The molecule has 0 bridgehead atoms. The molecule has 2 nitrogen and oxygen atoms in total. The van der Waals surface area contributed by atoms with E-state index in [4.69, 9.17) is 5.73 Å². The Hall–Kier alpha value is -1.15. The summed E-state index contributed by atoms with van der Waals surface area (Å²) in [6.07, 6.45) is 11.9. The molecular formula is C10H12N2. The molecule has 2 N–H and O–H groups in total. The summed E-state index contributed by atoms with van der Waals surface area (Å²) in [5.74, 6) is 0. The third-order valence-electron chi connectivity index (χ3n) is 2.53. The monoisotopic (exact) mass is 160 g/mol. The van der Waals surface area contributed by atoms with Crippen molar-refractivity contribution in [3.8, 4) is 0 Å². The van der Waals surface area contributed by atoms with E-state index in [1.807, 2.05) is 24.4 Å². The third-order valence-corrected chi connectivity index (χ3v) is 2.53. The van der Waals surface area contributed by atoms with Crippen molar-refractivity contribution >= 4 is 6.21 Å². The Morgan fingerprint density at radius 3 is 3.08 bits per heavy atom. The Kier molecular flexibility index (Phi) is 1.51. The molecule has 2 unspecified atom stereocenters. The zero-order valence-electron chi connectivity index (χ0n) is 7.07. The van der Waals surface area contributed by atoms with Gasteiger partial charge in [0.15, 0.2) is 0 Å². The summed E-state index contributed by atoms with van der Waals surface area (Å²) in [6, 6.07) is -0.00120. The predicted molar refractivity (Wildman–Crippen MR) is 51.2 cm³/mol. The zero-order chi connectivity index (χ0) is 8.60. The van der Waals surface area contributed by atoms with E-state index in [0.29, 0.717) is 0 Å². The van der Waals surface area contributed by atoms with Gasteiger partial charge in [0, 0.05) is 6.21 Å². The first kappa shape index (κ1) is 7.50. The van der Waals surface area contributed by atoms with Gasteiger partial charge in [0.25, 0.3) is 0 Å². The van der Waals surface area contributed by atoms with E-state index >= 15 is 0 Å². The minimum Gasteiger partial charge on any atom is -0.322 e. The topological polar surface area (TPSA) is 38.4 Å². The molecule has 2 aliphatic rings. The number of nitrogens with two attached hydrogens (primary N) is 1. The normalized spacial score (nSPS) is 37.8.